The summed E-state index contributed by atoms with van der Waals surface area (Å²) >= 11 is 0. The topological polar surface area (TPSA) is 4.93 Å². The smallest absolute Gasteiger partial charge is 0.0726 e. The molecule has 0 amide bonds. The molecular formula is C52H35N. The molecule has 1 unspecified atom stereocenters. The van der Waals surface area contributed by atoms with Gasteiger partial charge in [-0.25, -0.2) is 0 Å². The highest BCUT2D eigenvalue weighted by Crippen LogP contribution is 2.64. The van der Waals surface area contributed by atoms with E-state index in [9.17, 15) is 0 Å². The van der Waals surface area contributed by atoms with Crippen molar-refractivity contribution < 1.29 is 0 Å². The average molecular weight is 674 g/mol. The maximum Gasteiger partial charge on any atom is 0.0726 e. The van der Waals surface area contributed by atoms with Gasteiger partial charge in [0.1, 0.15) is 0 Å². The van der Waals surface area contributed by atoms with Crippen LogP contribution in [-0.4, -0.2) is 4.57 Å². The van der Waals surface area contributed by atoms with E-state index in [-0.39, 0.29) is 5.41 Å². The Hall–Kier alpha value is -6.44. The molecule has 3 aliphatic carbocycles. The molecule has 1 heterocycles. The minimum Gasteiger partial charge on any atom is -0.309 e. The molecule has 0 saturated carbocycles. The fraction of sp³-hybridized carbons (Fsp3) is 0.0769. The van der Waals surface area contributed by atoms with Gasteiger partial charge in [-0.15, -0.1) is 0 Å². The Labute approximate surface area is 309 Å². The highest BCUT2D eigenvalue weighted by Gasteiger charge is 2.52. The second kappa shape index (κ2) is 10.1. The average Bonchev–Trinajstić information content (AvgIpc) is 3.88. The second-order valence-corrected chi connectivity index (χ2v) is 15.6. The number of aromatic nitrogens is 1. The molecule has 0 bridgehead atoms. The molecular weight excluding hydrogens is 639 g/mol. The van der Waals surface area contributed by atoms with E-state index in [0.717, 1.165) is 0 Å². The van der Waals surface area contributed by atoms with Crippen molar-refractivity contribution in [3.05, 3.63) is 209 Å². The normalized spacial score (nSPS) is 16.7. The lowest BCUT2D eigenvalue weighted by Gasteiger charge is -2.31. The zero-order chi connectivity index (χ0) is 35.1. The van der Waals surface area contributed by atoms with Crippen LogP contribution in [0, 0.1) is 0 Å². The molecule has 8 aromatic carbocycles. The second-order valence-electron chi connectivity index (χ2n) is 15.6. The van der Waals surface area contributed by atoms with Crippen molar-refractivity contribution in [3.63, 3.8) is 0 Å². The largest absolute Gasteiger partial charge is 0.309 e. The Bertz CT molecular complexity index is 3030. The van der Waals surface area contributed by atoms with E-state index < -0.39 is 5.41 Å². The molecule has 1 nitrogen and oxygen atoms in total. The summed E-state index contributed by atoms with van der Waals surface area (Å²) in [4.78, 5) is 0. The van der Waals surface area contributed by atoms with E-state index >= 15 is 0 Å². The molecule has 0 N–H and O–H groups in total. The van der Waals surface area contributed by atoms with Crippen LogP contribution in [0.5, 0.6) is 0 Å². The first-order valence-electron chi connectivity index (χ1n) is 18.8. The molecule has 12 rings (SSSR count). The Morgan fingerprint density at radius 3 is 1.79 bits per heavy atom. The van der Waals surface area contributed by atoms with Crippen molar-refractivity contribution in [1.82, 2.24) is 4.57 Å². The Kier molecular flexibility index (Phi) is 5.57. The zero-order valence-electron chi connectivity index (χ0n) is 29.7. The fourth-order valence-corrected chi connectivity index (χ4v) is 10.6. The van der Waals surface area contributed by atoms with Gasteiger partial charge in [0.15, 0.2) is 0 Å². The highest BCUT2D eigenvalue weighted by molar-refractivity contribution is 6.12. The molecule has 53 heavy (non-hydrogen) atoms. The minimum atomic E-state index is -0.442. The third-order valence-corrected chi connectivity index (χ3v) is 12.8. The summed E-state index contributed by atoms with van der Waals surface area (Å²) in [6.45, 7) is 4.77. The van der Waals surface area contributed by atoms with Gasteiger partial charge in [0, 0.05) is 21.8 Å². The predicted octanol–water partition coefficient (Wildman–Crippen LogP) is 13.1. The monoisotopic (exact) mass is 673 g/mol. The fourth-order valence-electron chi connectivity index (χ4n) is 10.6. The van der Waals surface area contributed by atoms with Crippen molar-refractivity contribution in [2.24, 2.45) is 0 Å². The maximum atomic E-state index is 2.57. The van der Waals surface area contributed by atoms with E-state index in [2.05, 4.69) is 194 Å². The first-order chi connectivity index (χ1) is 26.1. The standard InChI is InChI=1S/C52H35N/c1-51(2)41-21-10-6-18-35(41)39-30-40-37-19-9-13-25-47(37)53(49(40)31-45(39)51)48-26-14-24-44-50(48)38-20-8-12-23-43(38)52(44)42-22-11-7-17-34(42)36-28-27-33(29-46(36)52)32-15-4-3-5-16-32/h3-31H,1-2H3. The van der Waals surface area contributed by atoms with E-state index in [0.29, 0.717) is 0 Å². The Balaban J connectivity index is 1.20. The molecule has 1 atom stereocenters. The molecule has 1 heteroatoms. The van der Waals surface area contributed by atoms with Crippen molar-refractivity contribution >= 4 is 21.8 Å². The van der Waals surface area contributed by atoms with Crippen LogP contribution in [0.15, 0.2) is 176 Å². The van der Waals surface area contributed by atoms with Gasteiger partial charge < -0.3 is 4.57 Å². The quantitative estimate of drug-likeness (QED) is 0.172. The number of hydrogen-bond acceptors (Lipinski definition) is 0. The van der Waals surface area contributed by atoms with Crippen molar-refractivity contribution in [3.8, 4) is 50.2 Å². The van der Waals surface area contributed by atoms with E-state index in [1.807, 2.05) is 0 Å². The number of para-hydroxylation sites is 1. The van der Waals surface area contributed by atoms with Crippen molar-refractivity contribution in [2.75, 3.05) is 0 Å². The summed E-state index contributed by atoms with van der Waals surface area (Å²) in [5, 5.41) is 2.59. The minimum absolute atomic E-state index is 0.0928. The summed E-state index contributed by atoms with van der Waals surface area (Å²) < 4.78 is 2.57. The lowest BCUT2D eigenvalue weighted by molar-refractivity contribution is 0.661. The van der Waals surface area contributed by atoms with Gasteiger partial charge in [-0.3, -0.25) is 0 Å². The van der Waals surface area contributed by atoms with Gasteiger partial charge in [0.2, 0.25) is 0 Å². The highest BCUT2D eigenvalue weighted by atomic mass is 15.0. The number of benzene rings is 8. The van der Waals surface area contributed by atoms with Crippen LogP contribution in [0.25, 0.3) is 72.0 Å². The van der Waals surface area contributed by atoms with Crippen LogP contribution in [0.3, 0.4) is 0 Å². The summed E-state index contributed by atoms with van der Waals surface area (Å²) in [7, 11) is 0. The summed E-state index contributed by atoms with van der Waals surface area (Å²) in [5.41, 5.74) is 21.9. The van der Waals surface area contributed by atoms with Gasteiger partial charge in [0.05, 0.1) is 22.1 Å². The molecule has 1 spiro atoms. The first kappa shape index (κ1) is 29.2. The molecule has 248 valence electrons. The van der Waals surface area contributed by atoms with Crippen molar-refractivity contribution in [2.45, 2.75) is 24.7 Å². The van der Waals surface area contributed by atoms with E-state index in [4.69, 9.17) is 0 Å². The molecule has 0 aliphatic heterocycles. The van der Waals surface area contributed by atoms with Crippen molar-refractivity contribution in [1.29, 1.82) is 0 Å². The van der Waals surface area contributed by atoms with E-state index in [1.54, 1.807) is 0 Å². The van der Waals surface area contributed by atoms with Crippen LogP contribution in [0.4, 0.5) is 0 Å². The van der Waals surface area contributed by atoms with Crippen LogP contribution in [0.2, 0.25) is 0 Å². The molecule has 3 aliphatic rings. The third-order valence-electron chi connectivity index (χ3n) is 12.8. The number of nitrogens with zero attached hydrogens (tertiary/aromatic N) is 1. The molecule has 0 fully saturated rings. The Morgan fingerprint density at radius 1 is 0.358 bits per heavy atom. The van der Waals surface area contributed by atoms with E-state index in [1.165, 1.54) is 105 Å². The molecule has 0 radical (unpaired) electrons. The first-order valence-corrected chi connectivity index (χ1v) is 18.8. The molecule has 1 aromatic heterocycles. The van der Waals surface area contributed by atoms with Crippen LogP contribution in [0.1, 0.15) is 47.2 Å². The SMILES string of the molecule is CC1(C)c2ccccc2-c2cc3c4ccccc4n(-c4cccc5c4-c4ccccc4C54c5ccccc5-c5ccc(-c6ccccc6)cc54)c3cc21. The van der Waals surface area contributed by atoms with Gasteiger partial charge in [-0.2, -0.15) is 0 Å². The lowest BCUT2D eigenvalue weighted by atomic mass is 9.70. The number of fused-ring (bicyclic) bond motifs is 16. The zero-order valence-corrected chi connectivity index (χ0v) is 29.7. The van der Waals surface area contributed by atoms with Gasteiger partial charge in [-0.05, 0) is 103 Å². The Morgan fingerprint density at radius 2 is 0.981 bits per heavy atom. The van der Waals surface area contributed by atoms with Crippen LogP contribution < -0.4 is 0 Å². The number of rotatable bonds is 2. The van der Waals surface area contributed by atoms with Gasteiger partial charge in [0.25, 0.3) is 0 Å². The predicted molar refractivity (Wildman–Crippen MR) is 220 cm³/mol. The lowest BCUT2D eigenvalue weighted by Crippen LogP contribution is -2.26. The van der Waals surface area contributed by atoms with Crippen LogP contribution >= 0.6 is 0 Å². The third kappa shape index (κ3) is 3.53. The molecule has 0 saturated heterocycles. The maximum absolute atomic E-state index is 2.57. The van der Waals surface area contributed by atoms with Crippen LogP contribution in [-0.2, 0) is 10.8 Å². The van der Waals surface area contributed by atoms with Gasteiger partial charge >= 0.3 is 0 Å². The summed E-state index contributed by atoms with van der Waals surface area (Å²) in [6, 6.07) is 66.3. The van der Waals surface area contributed by atoms with Gasteiger partial charge in [-0.1, -0.05) is 159 Å². The summed E-state index contributed by atoms with van der Waals surface area (Å²) in [6.07, 6.45) is 0. The summed E-state index contributed by atoms with van der Waals surface area (Å²) in [5.74, 6) is 0. The number of hydrogen-bond donors (Lipinski definition) is 0. The molecule has 9 aromatic rings.